The highest BCUT2D eigenvalue weighted by Crippen LogP contribution is 2.25. The summed E-state index contributed by atoms with van der Waals surface area (Å²) >= 11 is 5.97. The molecule has 1 aromatic heterocycles. The Balaban J connectivity index is 1.76. The summed E-state index contributed by atoms with van der Waals surface area (Å²) in [6.45, 7) is 4.10. The minimum atomic E-state index is -3.96. The first-order chi connectivity index (χ1) is 18.5. The normalized spacial score (nSPS) is 12.4. The second kappa shape index (κ2) is 12.0. The third kappa shape index (κ3) is 7.13. The molecule has 0 amide bonds. The van der Waals surface area contributed by atoms with Gasteiger partial charge < -0.3 is 4.57 Å². The van der Waals surface area contributed by atoms with E-state index in [1.807, 2.05) is 44.2 Å². The number of benzene rings is 3. The number of imidazole rings is 1. The van der Waals surface area contributed by atoms with Gasteiger partial charge in [-0.25, -0.2) is 26.2 Å². The molecule has 0 radical (unpaired) electrons. The quantitative estimate of drug-likeness (QED) is 0.229. The van der Waals surface area contributed by atoms with Crippen LogP contribution in [0.25, 0.3) is 0 Å². The van der Waals surface area contributed by atoms with Gasteiger partial charge in [0.2, 0.25) is 25.0 Å². The van der Waals surface area contributed by atoms with E-state index in [-0.39, 0.29) is 41.4 Å². The fourth-order valence-corrected chi connectivity index (χ4v) is 7.35. The molecule has 11 heteroatoms. The fraction of sp³-hybridized carbons (Fsp3) is 0.250. The van der Waals surface area contributed by atoms with Crippen molar-refractivity contribution in [3.63, 3.8) is 0 Å². The van der Waals surface area contributed by atoms with E-state index >= 15 is 0 Å². The zero-order valence-electron chi connectivity index (χ0n) is 21.5. The Morgan fingerprint density at radius 1 is 0.897 bits per heavy atom. The lowest BCUT2D eigenvalue weighted by molar-refractivity contribution is 0.353. The van der Waals surface area contributed by atoms with E-state index in [9.17, 15) is 21.2 Å². The third-order valence-corrected chi connectivity index (χ3v) is 9.67. The minimum absolute atomic E-state index is 0.000695. The summed E-state index contributed by atoms with van der Waals surface area (Å²) in [7, 11) is -7.89. The first-order valence-electron chi connectivity index (χ1n) is 12.3. The van der Waals surface area contributed by atoms with Crippen LogP contribution in [0.2, 0.25) is 5.02 Å². The molecule has 0 aliphatic heterocycles. The van der Waals surface area contributed by atoms with Gasteiger partial charge in [-0.3, -0.25) is 0 Å². The molecule has 4 aromatic rings. The first kappa shape index (κ1) is 28.9. The molecule has 0 saturated carbocycles. The van der Waals surface area contributed by atoms with Gasteiger partial charge in [0.05, 0.1) is 35.6 Å². The smallest absolute Gasteiger partial charge is 0.243 e. The van der Waals surface area contributed by atoms with Crippen molar-refractivity contribution < 1.29 is 21.2 Å². The zero-order valence-corrected chi connectivity index (χ0v) is 23.9. The van der Waals surface area contributed by atoms with Gasteiger partial charge in [0.25, 0.3) is 0 Å². The molecule has 0 N–H and O–H groups in total. The summed E-state index contributed by atoms with van der Waals surface area (Å²) in [5.41, 5.74) is 1.67. The van der Waals surface area contributed by atoms with E-state index in [0.717, 1.165) is 5.56 Å². The van der Waals surface area contributed by atoms with E-state index in [0.29, 0.717) is 16.3 Å². The summed E-state index contributed by atoms with van der Waals surface area (Å²) in [5.74, 6) is -0.840. The molecule has 7 nitrogen and oxygen atoms in total. The summed E-state index contributed by atoms with van der Waals surface area (Å²) in [6, 6.07) is 20.4. The van der Waals surface area contributed by atoms with Crippen LogP contribution in [0, 0.1) is 11.7 Å². The molecular weight excluding hydrogens is 561 g/mol. The average molecular weight is 590 g/mol. The summed E-state index contributed by atoms with van der Waals surface area (Å²) < 4.78 is 70.5. The van der Waals surface area contributed by atoms with Gasteiger partial charge in [0.15, 0.2) is 0 Å². The summed E-state index contributed by atoms with van der Waals surface area (Å²) in [4.78, 5) is 4.35. The van der Waals surface area contributed by atoms with Crippen LogP contribution in [-0.4, -0.2) is 37.2 Å². The Labute approximate surface area is 233 Å². The molecule has 0 aliphatic carbocycles. The maximum Gasteiger partial charge on any atom is 0.243 e. The van der Waals surface area contributed by atoms with Crippen molar-refractivity contribution in [2.45, 2.75) is 42.7 Å². The standard InChI is InChI=1S/C28H29ClFN3O4S2/c1-21(2)17-32(39(36,37)27-14-10-24(29)11-15-27)19-26-16-31-28(33(26)18-22-6-4-3-5-7-22)38(34,35)20-23-8-12-25(30)13-9-23/h3-16,21H,17-20H2,1-2H3. The van der Waals surface area contributed by atoms with Crippen LogP contribution in [0.15, 0.2) is 95.1 Å². The topological polar surface area (TPSA) is 89.3 Å². The van der Waals surface area contributed by atoms with Gasteiger partial charge in [0, 0.05) is 11.6 Å². The molecule has 0 unspecified atom stereocenters. The molecular formula is C28H29ClFN3O4S2. The molecule has 4 rings (SSSR count). The third-order valence-electron chi connectivity index (χ3n) is 5.99. The Morgan fingerprint density at radius 3 is 2.15 bits per heavy atom. The highest BCUT2D eigenvalue weighted by Gasteiger charge is 2.29. The predicted octanol–water partition coefficient (Wildman–Crippen LogP) is 5.54. The van der Waals surface area contributed by atoms with Gasteiger partial charge in [-0.1, -0.05) is 67.9 Å². The van der Waals surface area contributed by atoms with Gasteiger partial charge >= 0.3 is 0 Å². The molecule has 0 spiro atoms. The van der Waals surface area contributed by atoms with Crippen molar-refractivity contribution in [3.05, 3.63) is 113 Å². The molecule has 0 bridgehead atoms. The van der Waals surface area contributed by atoms with Crippen LogP contribution < -0.4 is 0 Å². The minimum Gasteiger partial charge on any atom is -0.313 e. The number of aromatic nitrogens is 2. The lowest BCUT2D eigenvalue weighted by Gasteiger charge is -2.25. The predicted molar refractivity (Wildman–Crippen MR) is 149 cm³/mol. The van der Waals surface area contributed by atoms with Crippen molar-refractivity contribution in [3.8, 4) is 0 Å². The molecule has 0 atom stereocenters. The van der Waals surface area contributed by atoms with Crippen molar-refractivity contribution in [2.75, 3.05) is 6.54 Å². The highest BCUT2D eigenvalue weighted by molar-refractivity contribution is 7.90. The molecule has 0 fully saturated rings. The molecule has 39 heavy (non-hydrogen) atoms. The van der Waals surface area contributed by atoms with E-state index in [1.165, 1.54) is 59.0 Å². The van der Waals surface area contributed by atoms with Gasteiger partial charge in [-0.05, 0) is 53.4 Å². The Hall–Kier alpha value is -3.05. The van der Waals surface area contributed by atoms with Crippen LogP contribution in [0.5, 0.6) is 0 Å². The number of rotatable bonds is 11. The van der Waals surface area contributed by atoms with E-state index < -0.39 is 25.7 Å². The van der Waals surface area contributed by atoms with E-state index in [4.69, 9.17) is 11.6 Å². The van der Waals surface area contributed by atoms with Crippen LogP contribution in [0.4, 0.5) is 4.39 Å². The van der Waals surface area contributed by atoms with Crippen LogP contribution in [0.1, 0.15) is 30.7 Å². The maximum absolute atomic E-state index is 13.6. The van der Waals surface area contributed by atoms with Crippen LogP contribution >= 0.6 is 11.6 Å². The van der Waals surface area contributed by atoms with Crippen LogP contribution in [-0.2, 0) is 38.7 Å². The first-order valence-corrected chi connectivity index (χ1v) is 15.7. The number of halogens is 2. The largest absolute Gasteiger partial charge is 0.313 e. The van der Waals surface area contributed by atoms with Crippen molar-refractivity contribution in [1.29, 1.82) is 0 Å². The van der Waals surface area contributed by atoms with Gasteiger partial charge in [0.1, 0.15) is 5.82 Å². The zero-order chi connectivity index (χ0) is 28.2. The number of sulfone groups is 1. The molecule has 0 saturated heterocycles. The summed E-state index contributed by atoms with van der Waals surface area (Å²) in [6.07, 6.45) is 1.41. The number of nitrogens with zero attached hydrogens (tertiary/aromatic N) is 3. The number of hydrogen-bond donors (Lipinski definition) is 0. The lowest BCUT2D eigenvalue weighted by Crippen LogP contribution is -2.34. The maximum atomic E-state index is 13.6. The second-order valence-corrected chi connectivity index (χ2v) is 13.9. The van der Waals surface area contributed by atoms with Crippen molar-refractivity contribution in [2.24, 2.45) is 5.92 Å². The SMILES string of the molecule is CC(C)CN(Cc1cnc(S(=O)(=O)Cc2ccc(F)cc2)n1Cc1ccccc1)S(=O)(=O)c1ccc(Cl)cc1. The van der Waals surface area contributed by atoms with Gasteiger partial charge in [-0.15, -0.1) is 0 Å². The monoisotopic (exact) mass is 589 g/mol. The average Bonchev–Trinajstić information content (AvgIpc) is 3.28. The number of sulfonamides is 1. The summed E-state index contributed by atoms with van der Waals surface area (Å²) in [5, 5.41) is 0.236. The fourth-order valence-electron chi connectivity index (χ4n) is 4.16. The number of hydrogen-bond acceptors (Lipinski definition) is 5. The lowest BCUT2D eigenvalue weighted by atomic mass is 10.2. The molecule has 1 heterocycles. The Morgan fingerprint density at radius 2 is 1.54 bits per heavy atom. The Bertz CT molecular complexity index is 1620. The van der Waals surface area contributed by atoms with Crippen molar-refractivity contribution >= 4 is 31.5 Å². The van der Waals surface area contributed by atoms with Crippen LogP contribution in [0.3, 0.4) is 0 Å². The highest BCUT2D eigenvalue weighted by atomic mass is 35.5. The van der Waals surface area contributed by atoms with Crippen molar-refractivity contribution in [1.82, 2.24) is 13.9 Å². The van der Waals surface area contributed by atoms with E-state index in [1.54, 1.807) is 4.57 Å². The molecule has 206 valence electrons. The Kier molecular flexibility index (Phi) is 8.90. The second-order valence-electron chi connectivity index (χ2n) is 9.63. The van der Waals surface area contributed by atoms with Gasteiger partial charge in [-0.2, -0.15) is 4.31 Å². The molecule has 0 aliphatic rings. The van der Waals surface area contributed by atoms with E-state index in [2.05, 4.69) is 4.98 Å². The molecule has 3 aromatic carbocycles.